The van der Waals surface area contributed by atoms with Gasteiger partial charge < -0.3 is 15.1 Å². The number of furan rings is 1. The van der Waals surface area contributed by atoms with Crippen LogP contribution < -0.4 is 10.6 Å². The summed E-state index contributed by atoms with van der Waals surface area (Å²) in [5.41, 5.74) is 6.49. The molecule has 0 unspecified atom stereocenters. The maximum Gasteiger partial charge on any atom is 0.230 e. The Balaban J connectivity index is 2.15. The number of hydrogen-bond donors (Lipinski definition) is 1. The largest absolute Gasteiger partial charge is 0.453 e. The normalized spacial score (nSPS) is 10.8. The predicted molar refractivity (Wildman–Crippen MR) is 73.8 cm³/mol. The summed E-state index contributed by atoms with van der Waals surface area (Å²) in [4.78, 5) is 14.3. The third-order valence-electron chi connectivity index (χ3n) is 2.69. The first-order valence-electron chi connectivity index (χ1n) is 5.81. The van der Waals surface area contributed by atoms with Crippen molar-refractivity contribution >= 4 is 22.9 Å². The fourth-order valence-electron chi connectivity index (χ4n) is 1.78. The Kier molecular flexibility index (Phi) is 2.56. The summed E-state index contributed by atoms with van der Waals surface area (Å²) >= 11 is 0. The molecule has 0 aliphatic rings. The minimum absolute atomic E-state index is 0.175. The molecule has 6 heteroatoms. The van der Waals surface area contributed by atoms with Crippen LogP contribution in [-0.4, -0.2) is 29.0 Å². The average Bonchev–Trinajstić information content (AvgIpc) is 2.81. The highest BCUT2D eigenvalue weighted by atomic mass is 16.3. The van der Waals surface area contributed by atoms with Crippen LogP contribution in [0.4, 0.5) is 11.9 Å². The number of rotatable bonds is 2. The van der Waals surface area contributed by atoms with E-state index in [1.54, 1.807) is 4.90 Å². The van der Waals surface area contributed by atoms with Crippen molar-refractivity contribution in [1.29, 1.82) is 0 Å². The van der Waals surface area contributed by atoms with Crippen molar-refractivity contribution in [3.63, 3.8) is 0 Å². The molecule has 0 saturated heterocycles. The maximum absolute atomic E-state index is 5.72. The third-order valence-corrected chi connectivity index (χ3v) is 2.69. The molecule has 2 N–H and O–H groups in total. The molecule has 0 atom stereocenters. The summed E-state index contributed by atoms with van der Waals surface area (Å²) < 4.78 is 5.72. The number of nitrogens with zero attached hydrogens (tertiary/aromatic N) is 4. The van der Waals surface area contributed by atoms with Crippen molar-refractivity contribution in [2.45, 2.75) is 0 Å². The highest BCUT2D eigenvalue weighted by molar-refractivity contribution is 5.81. The van der Waals surface area contributed by atoms with Crippen LogP contribution in [0.25, 0.3) is 22.6 Å². The lowest BCUT2D eigenvalue weighted by Gasteiger charge is -2.10. The number of aromatic nitrogens is 3. The van der Waals surface area contributed by atoms with E-state index in [1.807, 2.05) is 44.4 Å². The molecule has 0 aliphatic carbocycles. The molecule has 2 heterocycles. The van der Waals surface area contributed by atoms with Gasteiger partial charge in [-0.3, -0.25) is 0 Å². The van der Waals surface area contributed by atoms with Gasteiger partial charge in [-0.15, -0.1) is 0 Å². The van der Waals surface area contributed by atoms with Crippen LogP contribution in [-0.2, 0) is 0 Å². The summed E-state index contributed by atoms with van der Waals surface area (Å²) in [5.74, 6) is 1.70. The van der Waals surface area contributed by atoms with Crippen molar-refractivity contribution in [1.82, 2.24) is 15.0 Å². The second-order valence-electron chi connectivity index (χ2n) is 4.36. The van der Waals surface area contributed by atoms with Gasteiger partial charge in [-0.1, -0.05) is 18.2 Å². The molecular formula is C13H13N5O. The molecule has 2 aromatic heterocycles. The number of anilines is 2. The molecule has 0 saturated carbocycles. The first-order chi connectivity index (χ1) is 9.13. The van der Waals surface area contributed by atoms with E-state index in [9.17, 15) is 0 Å². The maximum atomic E-state index is 5.72. The molecule has 19 heavy (non-hydrogen) atoms. The van der Waals surface area contributed by atoms with Gasteiger partial charge in [0, 0.05) is 19.5 Å². The highest BCUT2D eigenvalue weighted by Crippen LogP contribution is 2.26. The highest BCUT2D eigenvalue weighted by Gasteiger charge is 2.12. The topological polar surface area (TPSA) is 81.1 Å². The van der Waals surface area contributed by atoms with E-state index in [0.717, 1.165) is 11.0 Å². The first-order valence-corrected chi connectivity index (χ1v) is 5.81. The van der Waals surface area contributed by atoms with E-state index in [0.29, 0.717) is 17.5 Å². The lowest BCUT2D eigenvalue weighted by molar-refractivity contribution is 0.624. The minimum Gasteiger partial charge on any atom is -0.453 e. The summed E-state index contributed by atoms with van der Waals surface area (Å²) in [5, 5.41) is 1.00. The lowest BCUT2D eigenvalue weighted by atomic mass is 10.2. The van der Waals surface area contributed by atoms with E-state index in [1.165, 1.54) is 0 Å². The molecular weight excluding hydrogens is 242 g/mol. The molecule has 0 spiro atoms. The molecule has 0 radical (unpaired) electrons. The zero-order valence-corrected chi connectivity index (χ0v) is 10.7. The third kappa shape index (κ3) is 2.08. The SMILES string of the molecule is CN(C)c1nc(N)nc(-c2cc3ccccc3o2)n1. The Morgan fingerprint density at radius 1 is 1.11 bits per heavy atom. The lowest BCUT2D eigenvalue weighted by Crippen LogP contribution is -2.15. The first kappa shape index (κ1) is 11.5. The molecule has 0 fully saturated rings. The Morgan fingerprint density at radius 3 is 2.63 bits per heavy atom. The Bertz CT molecular complexity index is 702. The van der Waals surface area contributed by atoms with Crippen LogP contribution in [0.1, 0.15) is 0 Å². The van der Waals surface area contributed by atoms with E-state index >= 15 is 0 Å². The van der Waals surface area contributed by atoms with Crippen LogP contribution >= 0.6 is 0 Å². The van der Waals surface area contributed by atoms with Crippen LogP contribution in [0.2, 0.25) is 0 Å². The summed E-state index contributed by atoms with van der Waals surface area (Å²) in [7, 11) is 3.69. The molecule has 3 rings (SSSR count). The van der Waals surface area contributed by atoms with Gasteiger partial charge in [0.15, 0.2) is 5.76 Å². The Hall–Kier alpha value is -2.63. The van der Waals surface area contributed by atoms with Crippen molar-refractivity contribution < 1.29 is 4.42 Å². The molecule has 0 amide bonds. The average molecular weight is 255 g/mol. The van der Waals surface area contributed by atoms with Crippen molar-refractivity contribution in [3.05, 3.63) is 30.3 Å². The van der Waals surface area contributed by atoms with E-state index in [4.69, 9.17) is 10.2 Å². The van der Waals surface area contributed by atoms with Gasteiger partial charge in [-0.05, 0) is 12.1 Å². The van der Waals surface area contributed by atoms with Gasteiger partial charge in [0.2, 0.25) is 17.7 Å². The van der Waals surface area contributed by atoms with Crippen LogP contribution in [0.15, 0.2) is 34.7 Å². The number of nitrogen functional groups attached to an aromatic ring is 1. The zero-order chi connectivity index (χ0) is 13.4. The predicted octanol–water partition coefficient (Wildman–Crippen LogP) is 1.93. The number of fused-ring (bicyclic) bond motifs is 1. The minimum atomic E-state index is 0.175. The Labute approximate surface area is 109 Å². The molecule has 0 bridgehead atoms. The monoisotopic (exact) mass is 255 g/mol. The Morgan fingerprint density at radius 2 is 1.89 bits per heavy atom. The standard InChI is InChI=1S/C13H13N5O/c1-18(2)13-16-11(15-12(14)17-13)10-7-8-5-3-4-6-9(8)19-10/h3-7H,1-2H3,(H2,14,15,16,17). The fraction of sp³-hybridized carbons (Fsp3) is 0.154. The van der Waals surface area contributed by atoms with Crippen molar-refractivity contribution in [3.8, 4) is 11.6 Å². The van der Waals surface area contributed by atoms with Gasteiger partial charge in [0.1, 0.15) is 5.58 Å². The van der Waals surface area contributed by atoms with E-state index in [2.05, 4.69) is 15.0 Å². The van der Waals surface area contributed by atoms with Crippen molar-refractivity contribution in [2.24, 2.45) is 0 Å². The number of benzene rings is 1. The summed E-state index contributed by atoms with van der Waals surface area (Å²) in [6, 6.07) is 9.64. The molecule has 96 valence electrons. The van der Waals surface area contributed by atoms with E-state index < -0.39 is 0 Å². The number of nitrogens with two attached hydrogens (primary N) is 1. The molecule has 1 aromatic carbocycles. The van der Waals surface area contributed by atoms with Gasteiger partial charge in [-0.2, -0.15) is 15.0 Å². The molecule has 3 aromatic rings. The zero-order valence-electron chi connectivity index (χ0n) is 10.7. The van der Waals surface area contributed by atoms with Crippen LogP contribution in [0.3, 0.4) is 0 Å². The van der Waals surface area contributed by atoms with Gasteiger partial charge in [0.05, 0.1) is 0 Å². The van der Waals surface area contributed by atoms with Crippen LogP contribution in [0.5, 0.6) is 0 Å². The second kappa shape index (κ2) is 4.24. The van der Waals surface area contributed by atoms with Crippen LogP contribution in [0, 0.1) is 0 Å². The number of hydrogen-bond acceptors (Lipinski definition) is 6. The van der Waals surface area contributed by atoms with Crippen molar-refractivity contribution in [2.75, 3.05) is 24.7 Å². The number of para-hydroxylation sites is 1. The summed E-state index contributed by atoms with van der Waals surface area (Å²) in [6.07, 6.45) is 0. The second-order valence-corrected chi connectivity index (χ2v) is 4.36. The fourth-order valence-corrected chi connectivity index (χ4v) is 1.78. The van der Waals surface area contributed by atoms with Gasteiger partial charge in [0.25, 0.3) is 0 Å². The molecule has 6 nitrogen and oxygen atoms in total. The van der Waals surface area contributed by atoms with E-state index in [-0.39, 0.29) is 5.95 Å². The summed E-state index contributed by atoms with van der Waals surface area (Å²) in [6.45, 7) is 0. The molecule has 0 aliphatic heterocycles. The van der Waals surface area contributed by atoms with Gasteiger partial charge in [-0.25, -0.2) is 0 Å². The quantitative estimate of drug-likeness (QED) is 0.753. The van der Waals surface area contributed by atoms with Gasteiger partial charge >= 0.3 is 0 Å². The smallest absolute Gasteiger partial charge is 0.230 e.